The van der Waals surface area contributed by atoms with Gasteiger partial charge in [0.1, 0.15) is 16.3 Å². The Morgan fingerprint density at radius 2 is 1.94 bits per heavy atom. The molecule has 0 fully saturated rings. The molecule has 3 rings (SSSR count). The van der Waals surface area contributed by atoms with Crippen LogP contribution in [0.4, 0.5) is 0 Å². The number of nitrogens with zero attached hydrogens (tertiary/aromatic N) is 3. The van der Waals surface area contributed by atoms with E-state index in [0.29, 0.717) is 18.1 Å². The van der Waals surface area contributed by atoms with Crippen LogP contribution in [0.3, 0.4) is 0 Å². The Balaban J connectivity index is 1.80. The highest BCUT2D eigenvalue weighted by Gasteiger charge is 2.21. The average molecular weight is 477 g/mol. The predicted molar refractivity (Wildman–Crippen MR) is 126 cm³/mol. The van der Waals surface area contributed by atoms with Crippen molar-refractivity contribution >= 4 is 21.4 Å². The van der Waals surface area contributed by atoms with E-state index in [1.165, 1.54) is 22.1 Å². The van der Waals surface area contributed by atoms with Crippen LogP contribution in [0.25, 0.3) is 10.6 Å². The number of aromatic nitrogens is 3. The van der Waals surface area contributed by atoms with E-state index in [-0.39, 0.29) is 29.5 Å². The summed E-state index contributed by atoms with van der Waals surface area (Å²) < 4.78 is 35.4. The fourth-order valence-electron chi connectivity index (χ4n) is 3.23. The van der Waals surface area contributed by atoms with Crippen molar-refractivity contribution in [1.29, 1.82) is 0 Å². The van der Waals surface area contributed by atoms with Gasteiger partial charge in [-0.3, -0.25) is 4.79 Å². The molecule has 10 heteroatoms. The fraction of sp³-hybridized carbons (Fsp3) is 0.409. The van der Waals surface area contributed by atoms with Crippen molar-refractivity contribution in [2.75, 3.05) is 13.2 Å². The van der Waals surface area contributed by atoms with Crippen LogP contribution in [0.1, 0.15) is 43.0 Å². The first kappa shape index (κ1) is 24.1. The molecule has 0 bridgehead atoms. The Morgan fingerprint density at radius 1 is 1.19 bits per heavy atom. The Morgan fingerprint density at radius 3 is 2.56 bits per heavy atom. The second-order valence-electron chi connectivity index (χ2n) is 7.62. The molecule has 0 amide bonds. The molecule has 0 saturated carbocycles. The van der Waals surface area contributed by atoms with E-state index in [1.807, 2.05) is 33.8 Å². The Labute approximate surface area is 192 Å². The number of rotatable bonds is 9. The monoisotopic (exact) mass is 476 g/mol. The van der Waals surface area contributed by atoms with Gasteiger partial charge < -0.3 is 4.74 Å². The third-order valence-corrected chi connectivity index (χ3v) is 7.42. The van der Waals surface area contributed by atoms with Crippen molar-refractivity contribution in [2.24, 2.45) is 0 Å². The smallest absolute Gasteiger partial charge is 0.266 e. The molecule has 0 radical (unpaired) electrons. The molecule has 2 heterocycles. The molecule has 0 atom stereocenters. The van der Waals surface area contributed by atoms with Gasteiger partial charge >= 0.3 is 0 Å². The first-order chi connectivity index (χ1) is 15.1. The lowest BCUT2D eigenvalue weighted by Gasteiger charge is -2.15. The van der Waals surface area contributed by atoms with Crippen molar-refractivity contribution in [3.8, 4) is 16.3 Å². The lowest BCUT2D eigenvalue weighted by molar-refractivity contribution is 0.330. The maximum absolute atomic E-state index is 13.0. The van der Waals surface area contributed by atoms with Crippen molar-refractivity contribution in [3.63, 3.8) is 0 Å². The SMILES string of the molecule is CCOc1ccc(C(C)C)cc1S(=O)(=O)NCCn1nc(-c2sc(C)nc2C)ccc1=O. The molecule has 0 aliphatic heterocycles. The molecule has 0 aliphatic rings. The van der Waals surface area contributed by atoms with Crippen LogP contribution in [-0.2, 0) is 16.6 Å². The third kappa shape index (κ3) is 5.43. The van der Waals surface area contributed by atoms with Crippen molar-refractivity contribution < 1.29 is 13.2 Å². The van der Waals surface area contributed by atoms with Gasteiger partial charge in [-0.05, 0) is 50.5 Å². The summed E-state index contributed by atoms with van der Waals surface area (Å²) in [6.07, 6.45) is 0. The summed E-state index contributed by atoms with van der Waals surface area (Å²) in [5.74, 6) is 0.474. The Bertz CT molecular complexity index is 1260. The minimum Gasteiger partial charge on any atom is -0.492 e. The number of ether oxygens (including phenoxy) is 1. The molecule has 8 nitrogen and oxygen atoms in total. The summed E-state index contributed by atoms with van der Waals surface area (Å²) in [6.45, 7) is 10.1. The van der Waals surface area contributed by atoms with Crippen molar-refractivity contribution in [3.05, 3.63) is 57.0 Å². The topological polar surface area (TPSA) is 103 Å². The molecule has 0 spiro atoms. The van der Waals surface area contributed by atoms with Gasteiger partial charge in [0.05, 0.1) is 28.7 Å². The van der Waals surface area contributed by atoms with Gasteiger partial charge in [0.25, 0.3) is 5.56 Å². The van der Waals surface area contributed by atoms with Gasteiger partial charge in [0.2, 0.25) is 10.0 Å². The molecule has 2 aromatic heterocycles. The molecule has 1 N–H and O–H groups in total. The molecular formula is C22H28N4O4S2. The maximum atomic E-state index is 13.0. The zero-order chi connectivity index (χ0) is 23.5. The lowest BCUT2D eigenvalue weighted by Crippen LogP contribution is -2.32. The molecular weight excluding hydrogens is 448 g/mol. The van der Waals surface area contributed by atoms with Crippen molar-refractivity contribution in [2.45, 2.75) is 52.0 Å². The normalized spacial score (nSPS) is 11.8. The molecule has 32 heavy (non-hydrogen) atoms. The van der Waals surface area contributed by atoms with Gasteiger partial charge in [-0.1, -0.05) is 19.9 Å². The number of nitrogens with one attached hydrogen (secondary N) is 1. The lowest BCUT2D eigenvalue weighted by atomic mass is 10.0. The number of thiazole rings is 1. The van der Waals surface area contributed by atoms with Crippen LogP contribution in [0.2, 0.25) is 0 Å². The second-order valence-corrected chi connectivity index (χ2v) is 10.6. The zero-order valence-electron chi connectivity index (χ0n) is 18.9. The van der Waals surface area contributed by atoms with Crippen LogP contribution in [0.5, 0.6) is 5.75 Å². The Kier molecular flexibility index (Phi) is 7.47. The van der Waals surface area contributed by atoms with E-state index in [2.05, 4.69) is 14.8 Å². The van der Waals surface area contributed by atoms with E-state index in [1.54, 1.807) is 25.1 Å². The van der Waals surface area contributed by atoms with Crippen LogP contribution in [-0.4, -0.2) is 36.3 Å². The highest BCUT2D eigenvalue weighted by molar-refractivity contribution is 7.89. The first-order valence-electron chi connectivity index (χ1n) is 10.4. The summed E-state index contributed by atoms with van der Waals surface area (Å²) in [6, 6.07) is 8.28. The van der Waals surface area contributed by atoms with E-state index in [0.717, 1.165) is 21.1 Å². The third-order valence-electron chi connectivity index (χ3n) is 4.84. The maximum Gasteiger partial charge on any atom is 0.266 e. The molecule has 172 valence electrons. The van der Waals surface area contributed by atoms with Crippen LogP contribution in [0.15, 0.2) is 40.0 Å². The summed E-state index contributed by atoms with van der Waals surface area (Å²) in [7, 11) is -3.84. The number of hydrogen-bond donors (Lipinski definition) is 1. The van der Waals surface area contributed by atoms with Gasteiger partial charge in [-0.25, -0.2) is 22.8 Å². The van der Waals surface area contributed by atoms with Gasteiger partial charge in [0, 0.05) is 12.6 Å². The standard InChI is InChI=1S/C22H28N4O4S2/c1-6-30-19-9-7-17(14(2)3)13-20(19)32(28,29)23-11-12-26-21(27)10-8-18(25-26)22-15(4)24-16(5)31-22/h7-10,13-14,23H,6,11-12H2,1-5H3. The minimum atomic E-state index is -3.84. The average Bonchev–Trinajstić information content (AvgIpc) is 3.07. The van der Waals surface area contributed by atoms with E-state index in [4.69, 9.17) is 4.74 Å². The van der Waals surface area contributed by atoms with E-state index < -0.39 is 10.0 Å². The zero-order valence-corrected chi connectivity index (χ0v) is 20.5. The summed E-state index contributed by atoms with van der Waals surface area (Å²) >= 11 is 1.50. The molecule has 0 saturated heterocycles. The molecule has 1 aromatic carbocycles. The summed E-state index contributed by atoms with van der Waals surface area (Å²) in [4.78, 5) is 17.7. The summed E-state index contributed by atoms with van der Waals surface area (Å²) in [5.41, 5.74) is 2.08. The highest BCUT2D eigenvalue weighted by Crippen LogP contribution is 2.29. The van der Waals surface area contributed by atoms with E-state index >= 15 is 0 Å². The molecule has 0 aliphatic carbocycles. The minimum absolute atomic E-state index is 0.0108. The van der Waals surface area contributed by atoms with Crippen LogP contribution < -0.4 is 15.0 Å². The highest BCUT2D eigenvalue weighted by atomic mass is 32.2. The van der Waals surface area contributed by atoms with Crippen LogP contribution >= 0.6 is 11.3 Å². The van der Waals surface area contributed by atoms with Gasteiger partial charge in [-0.2, -0.15) is 5.10 Å². The number of hydrogen-bond acceptors (Lipinski definition) is 7. The predicted octanol–water partition coefficient (Wildman–Crippen LogP) is 3.48. The van der Waals surface area contributed by atoms with Gasteiger partial charge in [-0.15, -0.1) is 11.3 Å². The van der Waals surface area contributed by atoms with Crippen molar-refractivity contribution in [1.82, 2.24) is 19.5 Å². The fourth-order valence-corrected chi connectivity index (χ4v) is 5.31. The first-order valence-corrected chi connectivity index (χ1v) is 12.7. The molecule has 0 unspecified atom stereocenters. The number of benzene rings is 1. The summed E-state index contributed by atoms with van der Waals surface area (Å²) in [5, 5.41) is 5.32. The van der Waals surface area contributed by atoms with E-state index in [9.17, 15) is 13.2 Å². The quantitative estimate of drug-likeness (QED) is 0.507. The molecule has 3 aromatic rings. The van der Waals surface area contributed by atoms with Gasteiger partial charge in [0.15, 0.2) is 0 Å². The number of aryl methyl sites for hydroxylation is 2. The van der Waals surface area contributed by atoms with Crippen LogP contribution in [0, 0.1) is 13.8 Å². The Hall–Kier alpha value is -2.56. The number of sulfonamides is 1. The largest absolute Gasteiger partial charge is 0.492 e. The second kappa shape index (κ2) is 9.93.